The number of pyridine rings is 1. The Morgan fingerprint density at radius 1 is 1.39 bits per heavy atom. The minimum atomic E-state index is -0.347. The molecule has 1 saturated heterocycles. The molecule has 1 aromatic carbocycles. The number of hydrogen-bond acceptors (Lipinski definition) is 4. The molecule has 1 atom stereocenters. The highest BCUT2D eigenvalue weighted by Crippen LogP contribution is 2.22. The molecular weight excluding hydrogens is 315 g/mol. The van der Waals surface area contributed by atoms with E-state index in [1.807, 2.05) is 11.8 Å². The number of benzene rings is 1. The number of halogens is 1. The summed E-state index contributed by atoms with van der Waals surface area (Å²) in [6, 6.07) is 7.83. The Balaban J connectivity index is 1.70. The first-order valence-electron chi connectivity index (χ1n) is 7.40. The molecule has 4 nitrogen and oxygen atoms in total. The van der Waals surface area contributed by atoms with Gasteiger partial charge in [-0.15, -0.1) is 0 Å². The van der Waals surface area contributed by atoms with Crippen molar-refractivity contribution in [1.82, 2.24) is 4.98 Å². The third-order valence-electron chi connectivity index (χ3n) is 3.60. The molecule has 0 radical (unpaired) electrons. The molecule has 0 bridgehead atoms. The molecule has 0 aliphatic carbocycles. The molecule has 1 amide bonds. The van der Waals surface area contributed by atoms with Gasteiger partial charge in [-0.25, -0.2) is 9.37 Å². The fraction of sp³-hybridized carbons (Fsp3) is 0.294. The van der Waals surface area contributed by atoms with Crippen molar-refractivity contribution in [2.75, 3.05) is 16.8 Å². The number of nitrogens with one attached hydrogen (secondary N) is 1. The maximum Gasteiger partial charge on any atom is 0.255 e. The van der Waals surface area contributed by atoms with E-state index in [-0.39, 0.29) is 17.8 Å². The van der Waals surface area contributed by atoms with E-state index >= 15 is 0 Å². The molecule has 6 heteroatoms. The lowest BCUT2D eigenvalue weighted by Gasteiger charge is -2.12. The number of nitrogens with zero attached hydrogens (tertiary/aromatic N) is 1. The van der Waals surface area contributed by atoms with Gasteiger partial charge in [0.05, 0.1) is 0 Å². The van der Waals surface area contributed by atoms with Gasteiger partial charge in [-0.1, -0.05) is 6.07 Å². The van der Waals surface area contributed by atoms with E-state index in [4.69, 9.17) is 4.74 Å². The number of hydrogen-bond donors (Lipinski definition) is 1. The molecule has 23 heavy (non-hydrogen) atoms. The van der Waals surface area contributed by atoms with Crippen molar-refractivity contribution in [3.05, 3.63) is 53.5 Å². The molecule has 3 rings (SSSR count). The summed E-state index contributed by atoms with van der Waals surface area (Å²) in [5, 5.41) is 2.68. The Kier molecular flexibility index (Phi) is 4.81. The third-order valence-corrected chi connectivity index (χ3v) is 4.73. The molecule has 1 fully saturated rings. The zero-order chi connectivity index (χ0) is 16.2. The van der Waals surface area contributed by atoms with E-state index < -0.39 is 0 Å². The highest BCUT2D eigenvalue weighted by atomic mass is 32.2. The monoisotopic (exact) mass is 332 g/mol. The predicted molar refractivity (Wildman–Crippen MR) is 89.7 cm³/mol. The number of amides is 1. The quantitative estimate of drug-likeness (QED) is 0.928. The van der Waals surface area contributed by atoms with Gasteiger partial charge < -0.3 is 10.1 Å². The minimum absolute atomic E-state index is 0.150. The molecule has 1 aliphatic rings. The number of carbonyl (C=O) groups is 1. The molecule has 1 aliphatic heterocycles. The Morgan fingerprint density at radius 2 is 2.26 bits per heavy atom. The highest BCUT2D eigenvalue weighted by Gasteiger charge is 2.18. The van der Waals surface area contributed by atoms with Gasteiger partial charge in [-0.2, -0.15) is 11.8 Å². The van der Waals surface area contributed by atoms with Crippen LogP contribution in [0.3, 0.4) is 0 Å². The lowest BCUT2D eigenvalue weighted by Crippen LogP contribution is -2.17. The molecule has 1 N–H and O–H groups in total. The first-order chi connectivity index (χ1) is 11.1. The first kappa shape index (κ1) is 15.8. The number of rotatable bonds is 4. The summed E-state index contributed by atoms with van der Waals surface area (Å²) in [7, 11) is 0. The molecular formula is C17H17FN2O2S. The van der Waals surface area contributed by atoms with E-state index in [2.05, 4.69) is 10.3 Å². The van der Waals surface area contributed by atoms with Crippen LogP contribution in [0.25, 0.3) is 0 Å². The number of aryl methyl sites for hydroxylation is 1. The SMILES string of the molecule is Cc1ccc(NC(=O)c2ccnc(O[C@@H]3CCSC3)c2)cc1F. The van der Waals surface area contributed by atoms with E-state index in [0.29, 0.717) is 22.7 Å². The van der Waals surface area contributed by atoms with Crippen molar-refractivity contribution < 1.29 is 13.9 Å². The van der Waals surface area contributed by atoms with Gasteiger partial charge in [0, 0.05) is 29.3 Å². The van der Waals surface area contributed by atoms with Crippen LogP contribution in [-0.4, -0.2) is 28.5 Å². The summed E-state index contributed by atoms with van der Waals surface area (Å²) in [5.41, 5.74) is 1.39. The normalized spacial score (nSPS) is 17.0. The lowest BCUT2D eigenvalue weighted by atomic mass is 10.2. The summed E-state index contributed by atoms with van der Waals surface area (Å²) < 4.78 is 19.3. The second-order valence-corrected chi connectivity index (χ2v) is 6.55. The van der Waals surface area contributed by atoms with Crippen molar-refractivity contribution in [2.45, 2.75) is 19.4 Å². The Morgan fingerprint density at radius 3 is 3.00 bits per heavy atom. The number of anilines is 1. The lowest BCUT2D eigenvalue weighted by molar-refractivity contribution is 0.102. The molecule has 0 saturated carbocycles. The average molecular weight is 332 g/mol. The summed E-state index contributed by atoms with van der Waals surface area (Å²) in [6.07, 6.45) is 2.69. The number of ether oxygens (including phenoxy) is 1. The van der Waals surface area contributed by atoms with Crippen molar-refractivity contribution in [1.29, 1.82) is 0 Å². The molecule has 0 spiro atoms. The van der Waals surface area contributed by atoms with E-state index in [1.54, 1.807) is 37.4 Å². The van der Waals surface area contributed by atoms with Crippen LogP contribution < -0.4 is 10.1 Å². The van der Waals surface area contributed by atoms with Crippen molar-refractivity contribution in [2.24, 2.45) is 0 Å². The summed E-state index contributed by atoms with van der Waals surface area (Å²) >= 11 is 1.85. The number of aromatic nitrogens is 1. The van der Waals surface area contributed by atoms with Crippen LogP contribution in [0.1, 0.15) is 22.3 Å². The molecule has 2 aromatic rings. The predicted octanol–water partition coefficient (Wildman–Crippen LogP) is 3.67. The van der Waals surface area contributed by atoms with Crippen LogP contribution in [-0.2, 0) is 0 Å². The van der Waals surface area contributed by atoms with Gasteiger partial charge in [0.15, 0.2) is 0 Å². The Hall–Kier alpha value is -2.08. The van der Waals surface area contributed by atoms with Crippen LogP contribution in [0.5, 0.6) is 5.88 Å². The van der Waals surface area contributed by atoms with Gasteiger partial charge in [0.25, 0.3) is 5.91 Å². The van der Waals surface area contributed by atoms with Crippen LogP contribution in [0.4, 0.5) is 10.1 Å². The summed E-state index contributed by atoms with van der Waals surface area (Å²) in [5.74, 6) is 1.81. The molecule has 0 unspecified atom stereocenters. The third kappa shape index (κ3) is 4.01. The maximum atomic E-state index is 13.5. The average Bonchev–Trinajstić information content (AvgIpc) is 3.04. The second-order valence-electron chi connectivity index (χ2n) is 5.40. The van der Waals surface area contributed by atoms with Gasteiger partial charge in [-0.05, 0) is 42.9 Å². The fourth-order valence-corrected chi connectivity index (χ4v) is 3.36. The zero-order valence-electron chi connectivity index (χ0n) is 12.7. The molecule has 120 valence electrons. The Bertz CT molecular complexity index is 717. The molecule has 2 heterocycles. The first-order valence-corrected chi connectivity index (χ1v) is 8.55. The van der Waals surface area contributed by atoms with E-state index in [9.17, 15) is 9.18 Å². The summed E-state index contributed by atoms with van der Waals surface area (Å²) in [6.45, 7) is 1.68. The summed E-state index contributed by atoms with van der Waals surface area (Å²) in [4.78, 5) is 16.4. The van der Waals surface area contributed by atoms with E-state index in [1.165, 1.54) is 6.07 Å². The van der Waals surface area contributed by atoms with Crippen LogP contribution in [0.2, 0.25) is 0 Å². The van der Waals surface area contributed by atoms with Crippen LogP contribution in [0, 0.1) is 12.7 Å². The minimum Gasteiger partial charge on any atom is -0.473 e. The van der Waals surface area contributed by atoms with Crippen LogP contribution in [0.15, 0.2) is 36.5 Å². The highest BCUT2D eigenvalue weighted by molar-refractivity contribution is 7.99. The fourth-order valence-electron chi connectivity index (χ4n) is 2.27. The van der Waals surface area contributed by atoms with Gasteiger partial charge in [-0.3, -0.25) is 4.79 Å². The van der Waals surface area contributed by atoms with E-state index in [0.717, 1.165) is 17.9 Å². The number of carbonyl (C=O) groups excluding carboxylic acids is 1. The largest absolute Gasteiger partial charge is 0.473 e. The van der Waals surface area contributed by atoms with Gasteiger partial charge in [0.1, 0.15) is 11.9 Å². The van der Waals surface area contributed by atoms with Gasteiger partial charge in [0.2, 0.25) is 5.88 Å². The topological polar surface area (TPSA) is 51.2 Å². The van der Waals surface area contributed by atoms with Crippen LogP contribution >= 0.6 is 11.8 Å². The zero-order valence-corrected chi connectivity index (χ0v) is 13.5. The van der Waals surface area contributed by atoms with Gasteiger partial charge >= 0.3 is 0 Å². The van der Waals surface area contributed by atoms with Crippen molar-refractivity contribution in [3.8, 4) is 5.88 Å². The Labute approximate surface area is 138 Å². The standard InChI is InChI=1S/C17H17FN2O2S/c1-11-2-3-13(9-15(11)18)20-17(21)12-4-6-19-16(8-12)22-14-5-7-23-10-14/h2-4,6,8-9,14H,5,7,10H2,1H3,(H,20,21)/t14-/m1/s1. The number of thioether (sulfide) groups is 1. The van der Waals surface area contributed by atoms with Crippen molar-refractivity contribution >= 4 is 23.4 Å². The second kappa shape index (κ2) is 7.00. The van der Waals surface area contributed by atoms with Crippen molar-refractivity contribution in [3.63, 3.8) is 0 Å². The smallest absolute Gasteiger partial charge is 0.255 e. The molecule has 1 aromatic heterocycles. The maximum absolute atomic E-state index is 13.5.